The minimum absolute atomic E-state index is 0.116. The van der Waals surface area contributed by atoms with Crippen LogP contribution in [0.5, 0.6) is 0 Å². The van der Waals surface area contributed by atoms with Crippen molar-refractivity contribution in [1.29, 1.82) is 0 Å². The molecule has 1 atom stereocenters. The summed E-state index contributed by atoms with van der Waals surface area (Å²) in [6.07, 6.45) is 1.85. The Morgan fingerprint density at radius 2 is 2.18 bits per heavy atom. The normalized spacial score (nSPS) is 12.6. The van der Waals surface area contributed by atoms with Gasteiger partial charge in [-0.25, -0.2) is 4.39 Å². The van der Waals surface area contributed by atoms with Gasteiger partial charge >= 0.3 is 0 Å². The molecule has 90 valence electrons. The van der Waals surface area contributed by atoms with E-state index in [1.165, 1.54) is 6.07 Å². The fourth-order valence-corrected chi connectivity index (χ4v) is 2.00. The maximum Gasteiger partial charge on any atom is 0.128 e. The number of benzene rings is 1. The molecule has 2 N–H and O–H groups in total. The van der Waals surface area contributed by atoms with E-state index in [0.717, 1.165) is 17.8 Å². The number of hydrogen-bond acceptors (Lipinski definition) is 1. The number of halogens is 1. The molecule has 1 unspecified atom stereocenters. The molecule has 0 saturated carbocycles. The zero-order valence-corrected chi connectivity index (χ0v) is 10.1. The maximum absolute atomic E-state index is 13.9. The van der Waals surface area contributed by atoms with Crippen molar-refractivity contribution in [2.24, 2.45) is 0 Å². The first-order valence-corrected chi connectivity index (χ1v) is 5.85. The average molecular weight is 232 g/mol. The van der Waals surface area contributed by atoms with Crippen LogP contribution in [-0.2, 0) is 0 Å². The molecule has 17 heavy (non-hydrogen) atoms. The fourth-order valence-electron chi connectivity index (χ4n) is 2.00. The van der Waals surface area contributed by atoms with Crippen molar-refractivity contribution in [3.63, 3.8) is 0 Å². The first kappa shape index (κ1) is 11.9. The van der Waals surface area contributed by atoms with Crippen LogP contribution in [0.3, 0.4) is 0 Å². The molecule has 0 bridgehead atoms. The Bertz CT molecular complexity index is 477. The Labute approximate surface area is 101 Å². The minimum atomic E-state index is -0.170. The van der Waals surface area contributed by atoms with Crippen molar-refractivity contribution >= 4 is 0 Å². The van der Waals surface area contributed by atoms with Gasteiger partial charge in [-0.1, -0.05) is 24.6 Å². The second-order valence-electron chi connectivity index (χ2n) is 4.14. The van der Waals surface area contributed by atoms with Crippen LogP contribution >= 0.6 is 0 Å². The first-order valence-electron chi connectivity index (χ1n) is 5.85. The molecular weight excluding hydrogens is 215 g/mol. The third-order valence-corrected chi connectivity index (χ3v) is 2.80. The molecule has 0 fully saturated rings. The van der Waals surface area contributed by atoms with Crippen molar-refractivity contribution in [2.75, 3.05) is 6.54 Å². The second kappa shape index (κ2) is 5.15. The summed E-state index contributed by atoms with van der Waals surface area (Å²) in [6, 6.07) is 8.98. The molecule has 2 rings (SSSR count). The quantitative estimate of drug-likeness (QED) is 0.832. The van der Waals surface area contributed by atoms with Gasteiger partial charge in [0, 0.05) is 17.5 Å². The highest BCUT2D eigenvalue weighted by atomic mass is 19.1. The van der Waals surface area contributed by atoms with Crippen molar-refractivity contribution < 1.29 is 4.39 Å². The SMILES string of the molecule is CCNC(c1ccc[nH]1)c1cc(C)ccc1F. The molecule has 1 heterocycles. The standard InChI is InChI=1S/C14H17FN2/c1-3-16-14(13-5-4-8-17-13)11-9-10(2)6-7-12(11)15/h4-9,14,16-17H,3H2,1-2H3. The molecule has 0 amide bonds. The largest absolute Gasteiger partial charge is 0.363 e. The number of aromatic nitrogens is 1. The topological polar surface area (TPSA) is 27.8 Å². The third-order valence-electron chi connectivity index (χ3n) is 2.80. The summed E-state index contributed by atoms with van der Waals surface area (Å²) in [4.78, 5) is 3.14. The van der Waals surface area contributed by atoms with E-state index in [1.54, 1.807) is 6.07 Å². The number of H-pyrrole nitrogens is 1. The molecule has 0 aliphatic carbocycles. The molecule has 0 spiro atoms. The minimum Gasteiger partial charge on any atom is -0.363 e. The predicted molar refractivity (Wildman–Crippen MR) is 67.4 cm³/mol. The highest BCUT2D eigenvalue weighted by Gasteiger charge is 2.17. The summed E-state index contributed by atoms with van der Waals surface area (Å²) in [7, 11) is 0. The molecule has 2 nitrogen and oxygen atoms in total. The van der Waals surface area contributed by atoms with Crippen LogP contribution in [-0.4, -0.2) is 11.5 Å². The third kappa shape index (κ3) is 2.56. The van der Waals surface area contributed by atoms with Gasteiger partial charge in [0.05, 0.1) is 6.04 Å². The van der Waals surface area contributed by atoms with E-state index < -0.39 is 0 Å². The van der Waals surface area contributed by atoms with E-state index in [4.69, 9.17) is 0 Å². The average Bonchev–Trinajstić information content (AvgIpc) is 2.83. The molecule has 0 saturated heterocycles. The Morgan fingerprint density at radius 3 is 2.82 bits per heavy atom. The van der Waals surface area contributed by atoms with E-state index in [9.17, 15) is 4.39 Å². The number of hydrogen-bond donors (Lipinski definition) is 2. The zero-order chi connectivity index (χ0) is 12.3. The Hall–Kier alpha value is -1.61. The second-order valence-corrected chi connectivity index (χ2v) is 4.14. The highest BCUT2D eigenvalue weighted by molar-refractivity contribution is 5.32. The van der Waals surface area contributed by atoms with Crippen LogP contribution in [0.15, 0.2) is 36.5 Å². The maximum atomic E-state index is 13.9. The smallest absolute Gasteiger partial charge is 0.128 e. The van der Waals surface area contributed by atoms with E-state index in [1.807, 2.05) is 38.2 Å². The molecule has 1 aromatic heterocycles. The van der Waals surface area contributed by atoms with Crippen LogP contribution in [0.1, 0.15) is 29.8 Å². The van der Waals surface area contributed by atoms with Gasteiger partial charge in [0.15, 0.2) is 0 Å². The molecule has 0 aliphatic rings. The highest BCUT2D eigenvalue weighted by Crippen LogP contribution is 2.24. The predicted octanol–water partition coefficient (Wildman–Crippen LogP) is 3.16. The number of nitrogens with one attached hydrogen (secondary N) is 2. The molecule has 0 radical (unpaired) electrons. The monoisotopic (exact) mass is 232 g/mol. The van der Waals surface area contributed by atoms with Gasteiger partial charge in [0.25, 0.3) is 0 Å². The van der Waals surface area contributed by atoms with Crippen LogP contribution < -0.4 is 5.32 Å². The Kier molecular flexibility index (Phi) is 3.59. The van der Waals surface area contributed by atoms with E-state index >= 15 is 0 Å². The van der Waals surface area contributed by atoms with Crippen molar-refractivity contribution in [1.82, 2.24) is 10.3 Å². The summed E-state index contributed by atoms with van der Waals surface area (Å²) in [5.41, 5.74) is 2.74. The van der Waals surface area contributed by atoms with Crippen LogP contribution in [0.2, 0.25) is 0 Å². The first-order chi connectivity index (χ1) is 8.22. The van der Waals surface area contributed by atoms with E-state index in [2.05, 4.69) is 10.3 Å². The van der Waals surface area contributed by atoms with Crippen LogP contribution in [0, 0.1) is 12.7 Å². The van der Waals surface area contributed by atoms with Crippen molar-refractivity contribution in [3.8, 4) is 0 Å². The molecule has 2 aromatic rings. The van der Waals surface area contributed by atoms with Gasteiger partial charge in [0.2, 0.25) is 0 Å². The Morgan fingerprint density at radius 1 is 1.35 bits per heavy atom. The lowest BCUT2D eigenvalue weighted by molar-refractivity contribution is 0.553. The van der Waals surface area contributed by atoms with E-state index in [0.29, 0.717) is 5.56 Å². The summed E-state index contributed by atoms with van der Waals surface area (Å²) < 4.78 is 13.9. The lowest BCUT2D eigenvalue weighted by atomic mass is 10.0. The fraction of sp³-hybridized carbons (Fsp3) is 0.286. The number of rotatable bonds is 4. The Balaban J connectivity index is 2.42. The lowest BCUT2D eigenvalue weighted by Gasteiger charge is -2.18. The summed E-state index contributed by atoms with van der Waals surface area (Å²) in [5.74, 6) is -0.170. The van der Waals surface area contributed by atoms with Gasteiger partial charge in [-0.3, -0.25) is 0 Å². The number of aromatic amines is 1. The summed E-state index contributed by atoms with van der Waals surface area (Å²) in [5, 5.41) is 3.30. The van der Waals surface area contributed by atoms with Gasteiger partial charge in [-0.2, -0.15) is 0 Å². The van der Waals surface area contributed by atoms with Crippen LogP contribution in [0.4, 0.5) is 4.39 Å². The molecular formula is C14H17FN2. The zero-order valence-electron chi connectivity index (χ0n) is 10.1. The van der Waals surface area contributed by atoms with Gasteiger partial charge in [0.1, 0.15) is 5.82 Å². The van der Waals surface area contributed by atoms with Crippen LogP contribution in [0.25, 0.3) is 0 Å². The summed E-state index contributed by atoms with van der Waals surface area (Å²) >= 11 is 0. The molecule has 1 aromatic carbocycles. The van der Waals surface area contributed by atoms with E-state index in [-0.39, 0.29) is 11.9 Å². The molecule has 0 aliphatic heterocycles. The van der Waals surface area contributed by atoms with Gasteiger partial charge in [-0.05, 0) is 31.7 Å². The van der Waals surface area contributed by atoms with Crippen molar-refractivity contribution in [2.45, 2.75) is 19.9 Å². The van der Waals surface area contributed by atoms with Crippen molar-refractivity contribution in [3.05, 3.63) is 59.2 Å². The van der Waals surface area contributed by atoms with Gasteiger partial charge in [-0.15, -0.1) is 0 Å². The number of aryl methyl sites for hydroxylation is 1. The summed E-state index contributed by atoms with van der Waals surface area (Å²) in [6.45, 7) is 4.78. The molecule has 3 heteroatoms. The lowest BCUT2D eigenvalue weighted by Crippen LogP contribution is -2.23. The van der Waals surface area contributed by atoms with Gasteiger partial charge < -0.3 is 10.3 Å².